The molecule has 0 radical (unpaired) electrons. The van der Waals surface area contributed by atoms with Gasteiger partial charge >= 0.3 is 0 Å². The van der Waals surface area contributed by atoms with E-state index >= 15 is 0 Å². The van der Waals surface area contributed by atoms with Crippen molar-refractivity contribution >= 4 is 0 Å². The largest absolute Gasteiger partial charge is 0.496 e. The summed E-state index contributed by atoms with van der Waals surface area (Å²) >= 11 is 0. The monoisotopic (exact) mass is 237 g/mol. The fraction of sp³-hybridized carbons (Fsp3) is 0.571. The molecule has 0 aliphatic heterocycles. The van der Waals surface area contributed by atoms with Crippen molar-refractivity contribution in [3.05, 3.63) is 28.8 Å². The second-order valence-electron chi connectivity index (χ2n) is 4.34. The molecular formula is C14H23NO2. The second-order valence-corrected chi connectivity index (χ2v) is 4.34. The van der Waals surface area contributed by atoms with E-state index < -0.39 is 6.10 Å². The quantitative estimate of drug-likeness (QED) is 0.746. The topological polar surface area (TPSA) is 41.5 Å². The molecule has 1 aromatic rings. The van der Waals surface area contributed by atoms with Crippen molar-refractivity contribution in [2.45, 2.75) is 33.3 Å². The molecule has 0 aromatic heterocycles. The number of ether oxygens (including phenoxy) is 1. The van der Waals surface area contributed by atoms with Crippen molar-refractivity contribution in [1.82, 2.24) is 5.32 Å². The number of aliphatic hydroxyl groups excluding tert-OH is 1. The van der Waals surface area contributed by atoms with E-state index in [1.807, 2.05) is 19.1 Å². The van der Waals surface area contributed by atoms with Crippen molar-refractivity contribution in [2.24, 2.45) is 0 Å². The number of aliphatic hydroxyl groups is 1. The van der Waals surface area contributed by atoms with E-state index in [1.54, 1.807) is 7.11 Å². The number of benzene rings is 1. The van der Waals surface area contributed by atoms with Gasteiger partial charge in [-0.1, -0.05) is 6.92 Å². The number of rotatable bonds is 6. The van der Waals surface area contributed by atoms with Crippen LogP contribution < -0.4 is 10.1 Å². The van der Waals surface area contributed by atoms with Gasteiger partial charge in [-0.25, -0.2) is 0 Å². The number of hydrogen-bond donors (Lipinski definition) is 2. The van der Waals surface area contributed by atoms with Crippen molar-refractivity contribution in [2.75, 3.05) is 20.2 Å². The van der Waals surface area contributed by atoms with E-state index in [0.29, 0.717) is 6.42 Å². The zero-order chi connectivity index (χ0) is 12.8. The molecule has 0 aliphatic rings. The molecule has 0 amide bonds. The van der Waals surface area contributed by atoms with E-state index in [2.05, 4.69) is 19.2 Å². The molecule has 2 N–H and O–H groups in total. The summed E-state index contributed by atoms with van der Waals surface area (Å²) in [5.74, 6) is 0.775. The summed E-state index contributed by atoms with van der Waals surface area (Å²) in [6.45, 7) is 7.90. The third-order valence-electron chi connectivity index (χ3n) is 3.05. The van der Waals surface area contributed by atoms with E-state index in [1.165, 1.54) is 11.1 Å². The molecule has 3 nitrogen and oxygen atoms in total. The van der Waals surface area contributed by atoms with Crippen LogP contribution in [0.3, 0.4) is 0 Å². The highest BCUT2D eigenvalue weighted by Gasteiger charge is 2.14. The summed E-state index contributed by atoms with van der Waals surface area (Å²) in [6.07, 6.45) is 0.232. The van der Waals surface area contributed by atoms with Crippen molar-refractivity contribution < 1.29 is 9.84 Å². The fourth-order valence-electron chi connectivity index (χ4n) is 1.82. The summed E-state index contributed by atoms with van der Waals surface area (Å²) in [5, 5.41) is 13.4. The molecule has 0 fully saturated rings. The highest BCUT2D eigenvalue weighted by Crippen LogP contribution is 2.29. The Morgan fingerprint density at radius 1 is 1.29 bits per heavy atom. The summed E-state index contributed by atoms with van der Waals surface area (Å²) in [4.78, 5) is 0. The van der Waals surface area contributed by atoms with Crippen molar-refractivity contribution in [3.8, 4) is 5.75 Å². The predicted octanol–water partition coefficient (Wildman–Crippen LogP) is 2.35. The highest BCUT2D eigenvalue weighted by molar-refractivity contribution is 5.42. The number of nitrogens with one attached hydrogen (secondary N) is 1. The van der Waals surface area contributed by atoms with Gasteiger partial charge in [0.25, 0.3) is 0 Å². The molecule has 0 saturated heterocycles. The van der Waals surface area contributed by atoms with Crippen molar-refractivity contribution in [1.29, 1.82) is 0 Å². The molecule has 0 spiro atoms. The average molecular weight is 237 g/mol. The molecule has 3 heteroatoms. The Balaban J connectivity index is 2.84. The average Bonchev–Trinajstić information content (AvgIpc) is 2.32. The molecule has 0 bridgehead atoms. The summed E-state index contributed by atoms with van der Waals surface area (Å²) < 4.78 is 5.33. The van der Waals surface area contributed by atoms with Gasteiger partial charge in [0, 0.05) is 5.56 Å². The SMILES string of the molecule is CCNCCC(O)c1cc(C)c(C)cc1OC. The maximum atomic E-state index is 10.2. The molecule has 0 aliphatic carbocycles. The van der Waals surface area contributed by atoms with Gasteiger partial charge in [-0.05, 0) is 56.6 Å². The minimum atomic E-state index is -0.469. The molecular weight excluding hydrogens is 214 g/mol. The van der Waals surface area contributed by atoms with Gasteiger partial charge in [0.15, 0.2) is 0 Å². The molecule has 1 aromatic carbocycles. The van der Waals surface area contributed by atoms with Gasteiger partial charge in [-0.2, -0.15) is 0 Å². The molecule has 0 heterocycles. The summed E-state index contributed by atoms with van der Waals surface area (Å²) in [7, 11) is 1.64. The number of aryl methyl sites for hydroxylation is 2. The Morgan fingerprint density at radius 3 is 2.53 bits per heavy atom. The minimum Gasteiger partial charge on any atom is -0.496 e. The van der Waals surface area contributed by atoms with Gasteiger partial charge < -0.3 is 15.2 Å². The molecule has 1 atom stereocenters. The van der Waals surface area contributed by atoms with Gasteiger partial charge in [0.2, 0.25) is 0 Å². The van der Waals surface area contributed by atoms with Crippen LogP contribution in [-0.4, -0.2) is 25.3 Å². The van der Waals surface area contributed by atoms with E-state index in [-0.39, 0.29) is 0 Å². The first-order valence-corrected chi connectivity index (χ1v) is 6.14. The van der Waals surface area contributed by atoms with Gasteiger partial charge in [-0.15, -0.1) is 0 Å². The van der Waals surface area contributed by atoms with Crippen LogP contribution in [-0.2, 0) is 0 Å². The normalized spacial score (nSPS) is 12.5. The van der Waals surface area contributed by atoms with Crippen LogP contribution >= 0.6 is 0 Å². The highest BCUT2D eigenvalue weighted by atomic mass is 16.5. The zero-order valence-corrected chi connectivity index (χ0v) is 11.2. The lowest BCUT2D eigenvalue weighted by molar-refractivity contribution is 0.163. The smallest absolute Gasteiger partial charge is 0.124 e. The molecule has 0 saturated carbocycles. The predicted molar refractivity (Wildman–Crippen MR) is 70.6 cm³/mol. The van der Waals surface area contributed by atoms with Gasteiger partial charge in [-0.3, -0.25) is 0 Å². The van der Waals surface area contributed by atoms with Gasteiger partial charge in [0.05, 0.1) is 13.2 Å². The third-order valence-corrected chi connectivity index (χ3v) is 3.05. The Kier molecular flexibility index (Phi) is 5.45. The summed E-state index contributed by atoms with van der Waals surface area (Å²) in [6, 6.07) is 4.01. The lowest BCUT2D eigenvalue weighted by Gasteiger charge is -2.17. The number of methoxy groups -OCH3 is 1. The fourth-order valence-corrected chi connectivity index (χ4v) is 1.82. The van der Waals surface area contributed by atoms with E-state index in [9.17, 15) is 5.11 Å². The van der Waals surface area contributed by atoms with E-state index in [0.717, 1.165) is 24.4 Å². The number of hydrogen-bond acceptors (Lipinski definition) is 3. The van der Waals surface area contributed by atoms with Crippen molar-refractivity contribution in [3.63, 3.8) is 0 Å². The second kappa shape index (κ2) is 6.62. The first-order chi connectivity index (χ1) is 8.10. The molecule has 96 valence electrons. The van der Waals surface area contributed by atoms with Crippen LogP contribution in [0.5, 0.6) is 5.75 Å². The molecule has 1 rings (SSSR count). The maximum Gasteiger partial charge on any atom is 0.124 e. The third kappa shape index (κ3) is 3.72. The van der Waals surface area contributed by atoms with Gasteiger partial charge in [0.1, 0.15) is 5.75 Å². The lowest BCUT2D eigenvalue weighted by atomic mass is 9.99. The Labute approximate surface area is 104 Å². The first kappa shape index (κ1) is 14.0. The summed E-state index contributed by atoms with van der Waals surface area (Å²) in [5.41, 5.74) is 3.25. The molecule has 17 heavy (non-hydrogen) atoms. The Morgan fingerprint density at radius 2 is 1.94 bits per heavy atom. The van der Waals surface area contributed by atoms with Crippen LogP contribution in [0.4, 0.5) is 0 Å². The zero-order valence-electron chi connectivity index (χ0n) is 11.2. The standard InChI is InChI=1S/C14H23NO2/c1-5-15-7-6-13(16)12-8-10(2)11(3)9-14(12)17-4/h8-9,13,15-16H,5-7H2,1-4H3. The molecule has 1 unspecified atom stereocenters. The van der Waals surface area contributed by atoms with Crippen LogP contribution in [0.1, 0.15) is 36.1 Å². The van der Waals surface area contributed by atoms with Crippen LogP contribution in [0, 0.1) is 13.8 Å². The van der Waals surface area contributed by atoms with E-state index in [4.69, 9.17) is 4.74 Å². The van der Waals surface area contributed by atoms with Crippen LogP contribution in [0.2, 0.25) is 0 Å². The Hall–Kier alpha value is -1.06. The van der Waals surface area contributed by atoms with Crippen LogP contribution in [0.25, 0.3) is 0 Å². The Bertz CT molecular complexity index is 363. The van der Waals surface area contributed by atoms with Crippen LogP contribution in [0.15, 0.2) is 12.1 Å². The lowest BCUT2D eigenvalue weighted by Crippen LogP contribution is -2.17. The maximum absolute atomic E-state index is 10.2. The minimum absolute atomic E-state index is 0.469. The first-order valence-electron chi connectivity index (χ1n) is 6.14.